The highest BCUT2D eigenvalue weighted by Gasteiger charge is 2.55. The maximum absolute atomic E-state index is 12.6. The number of esters is 2. The van der Waals surface area contributed by atoms with Crippen molar-refractivity contribution in [3.63, 3.8) is 0 Å². The summed E-state index contributed by atoms with van der Waals surface area (Å²) < 4.78 is 22.9. The van der Waals surface area contributed by atoms with Crippen LogP contribution in [0.15, 0.2) is 11.8 Å². The smallest absolute Gasteiger partial charge is 0.309 e. The zero-order valence-electron chi connectivity index (χ0n) is 19.0. The van der Waals surface area contributed by atoms with Crippen LogP contribution >= 0.6 is 0 Å². The summed E-state index contributed by atoms with van der Waals surface area (Å²) in [6.45, 7) is 7.44. The summed E-state index contributed by atoms with van der Waals surface area (Å²) in [7, 11) is 1.42. The lowest BCUT2D eigenvalue weighted by atomic mass is 9.81. The SMILES string of the molecule is CCCCC(C)(C)CC=C(OC1CCCCO1)[C@@H]1[C@H]2CC(=O)O[C@@H]2C[C@H]1C(=O)OC. The molecule has 2 aliphatic heterocycles. The lowest BCUT2D eigenvalue weighted by Crippen LogP contribution is -2.31. The molecule has 0 spiro atoms. The third kappa shape index (κ3) is 5.57. The quantitative estimate of drug-likeness (QED) is 0.394. The standard InChI is InChI=1S/C24H38O6/c1-5-6-11-24(2,3)12-10-18(30-21-9-7-8-13-28-21)22-16-15-20(25)29-19(16)14-17(22)23(26)27-4/h10,16-17,19,21-22H,5-9,11-15H2,1-4H3/t16-,17+,19+,21?,22+/m0/s1. The first-order valence-corrected chi connectivity index (χ1v) is 11.6. The van der Waals surface area contributed by atoms with Crippen molar-refractivity contribution in [2.24, 2.45) is 23.2 Å². The fraction of sp³-hybridized carbons (Fsp3) is 0.833. The van der Waals surface area contributed by atoms with Gasteiger partial charge in [0.1, 0.15) is 6.10 Å². The Hall–Kier alpha value is -1.56. The van der Waals surface area contributed by atoms with Gasteiger partial charge in [0.15, 0.2) is 6.29 Å². The van der Waals surface area contributed by atoms with Gasteiger partial charge in [-0.15, -0.1) is 0 Å². The molecule has 3 fully saturated rings. The molecule has 1 unspecified atom stereocenters. The molecule has 3 rings (SSSR count). The molecular weight excluding hydrogens is 384 g/mol. The molecule has 1 aliphatic carbocycles. The molecular formula is C24H38O6. The van der Waals surface area contributed by atoms with Crippen LogP contribution in [0, 0.1) is 23.2 Å². The van der Waals surface area contributed by atoms with E-state index in [1.165, 1.54) is 20.0 Å². The lowest BCUT2D eigenvalue weighted by Gasteiger charge is -2.31. The molecule has 5 atom stereocenters. The topological polar surface area (TPSA) is 71.1 Å². The highest BCUT2D eigenvalue weighted by atomic mass is 16.7. The number of unbranched alkanes of at least 4 members (excludes halogenated alkanes) is 1. The third-order valence-electron chi connectivity index (χ3n) is 6.84. The van der Waals surface area contributed by atoms with E-state index in [0.717, 1.165) is 37.9 Å². The molecule has 2 saturated heterocycles. The van der Waals surface area contributed by atoms with Crippen molar-refractivity contribution in [2.75, 3.05) is 13.7 Å². The maximum Gasteiger partial charge on any atom is 0.309 e. The number of allylic oxidation sites excluding steroid dienone is 2. The van der Waals surface area contributed by atoms with Crippen molar-refractivity contribution in [1.82, 2.24) is 0 Å². The highest BCUT2D eigenvalue weighted by molar-refractivity contribution is 5.77. The Labute approximate surface area is 180 Å². The Morgan fingerprint density at radius 3 is 2.77 bits per heavy atom. The van der Waals surface area contributed by atoms with E-state index in [-0.39, 0.29) is 47.5 Å². The summed E-state index contributed by atoms with van der Waals surface area (Å²) in [6, 6.07) is 0. The summed E-state index contributed by atoms with van der Waals surface area (Å²) >= 11 is 0. The number of carbonyl (C=O) groups excluding carboxylic acids is 2. The normalized spacial score (nSPS) is 31.9. The molecule has 0 aromatic rings. The highest BCUT2D eigenvalue weighted by Crippen LogP contribution is 2.49. The molecule has 0 bridgehead atoms. The van der Waals surface area contributed by atoms with E-state index in [2.05, 4.69) is 26.8 Å². The Morgan fingerprint density at radius 2 is 2.10 bits per heavy atom. The Kier molecular flexibility index (Phi) is 7.83. The average Bonchev–Trinajstić information content (AvgIpc) is 3.26. The van der Waals surface area contributed by atoms with Crippen LogP contribution in [0.3, 0.4) is 0 Å². The second-order valence-corrected chi connectivity index (χ2v) is 9.78. The van der Waals surface area contributed by atoms with Gasteiger partial charge in [0, 0.05) is 18.3 Å². The summed E-state index contributed by atoms with van der Waals surface area (Å²) in [5, 5.41) is 0. The summed E-state index contributed by atoms with van der Waals surface area (Å²) in [5.41, 5.74) is 0.138. The maximum atomic E-state index is 12.6. The number of carbonyl (C=O) groups is 2. The molecule has 3 aliphatic rings. The van der Waals surface area contributed by atoms with Crippen LogP contribution in [-0.2, 0) is 28.5 Å². The second-order valence-electron chi connectivity index (χ2n) is 9.78. The number of hydrogen-bond acceptors (Lipinski definition) is 6. The van der Waals surface area contributed by atoms with E-state index in [1.807, 2.05) is 0 Å². The summed E-state index contributed by atoms with van der Waals surface area (Å²) in [6.07, 6.45) is 9.74. The molecule has 170 valence electrons. The van der Waals surface area contributed by atoms with Gasteiger partial charge in [0.25, 0.3) is 0 Å². The first-order chi connectivity index (χ1) is 14.3. The largest absolute Gasteiger partial charge is 0.469 e. The van der Waals surface area contributed by atoms with Gasteiger partial charge in [-0.2, -0.15) is 0 Å². The second kappa shape index (κ2) is 10.2. The van der Waals surface area contributed by atoms with Gasteiger partial charge < -0.3 is 18.9 Å². The monoisotopic (exact) mass is 422 g/mol. The van der Waals surface area contributed by atoms with Gasteiger partial charge in [0.2, 0.25) is 0 Å². The van der Waals surface area contributed by atoms with Gasteiger partial charge in [-0.1, -0.05) is 33.6 Å². The third-order valence-corrected chi connectivity index (χ3v) is 6.84. The predicted molar refractivity (Wildman–Crippen MR) is 112 cm³/mol. The van der Waals surface area contributed by atoms with Gasteiger partial charge in [0.05, 0.1) is 31.8 Å². The molecule has 0 N–H and O–H groups in total. The predicted octanol–water partition coefficient (Wildman–Crippen LogP) is 4.76. The van der Waals surface area contributed by atoms with E-state index in [0.29, 0.717) is 19.4 Å². The van der Waals surface area contributed by atoms with E-state index in [1.54, 1.807) is 0 Å². The minimum Gasteiger partial charge on any atom is -0.469 e. The van der Waals surface area contributed by atoms with Gasteiger partial charge in [-0.3, -0.25) is 9.59 Å². The minimum atomic E-state index is -0.355. The van der Waals surface area contributed by atoms with Crippen molar-refractivity contribution in [3.05, 3.63) is 11.8 Å². The van der Waals surface area contributed by atoms with Crippen LogP contribution in [0.1, 0.15) is 78.6 Å². The lowest BCUT2D eigenvalue weighted by molar-refractivity contribution is -0.156. The Bertz CT molecular complexity index is 634. The van der Waals surface area contributed by atoms with Crippen LogP contribution in [-0.4, -0.2) is 38.0 Å². The molecule has 6 heteroatoms. The van der Waals surface area contributed by atoms with Crippen molar-refractivity contribution in [2.45, 2.75) is 91.0 Å². The number of fused-ring (bicyclic) bond motifs is 1. The number of methoxy groups -OCH3 is 1. The molecule has 6 nitrogen and oxygen atoms in total. The zero-order valence-corrected chi connectivity index (χ0v) is 19.0. The fourth-order valence-corrected chi connectivity index (χ4v) is 5.06. The zero-order chi connectivity index (χ0) is 21.7. The minimum absolute atomic E-state index is 0.0461. The molecule has 0 aromatic carbocycles. The number of rotatable bonds is 9. The van der Waals surface area contributed by atoms with E-state index < -0.39 is 0 Å². The first kappa shape index (κ1) is 23.1. The van der Waals surface area contributed by atoms with Crippen LogP contribution in [0.2, 0.25) is 0 Å². The van der Waals surface area contributed by atoms with Crippen LogP contribution in [0.5, 0.6) is 0 Å². The van der Waals surface area contributed by atoms with Gasteiger partial charge >= 0.3 is 11.9 Å². The van der Waals surface area contributed by atoms with Crippen LogP contribution < -0.4 is 0 Å². The van der Waals surface area contributed by atoms with Crippen molar-refractivity contribution in [1.29, 1.82) is 0 Å². The Balaban J connectivity index is 1.86. The average molecular weight is 423 g/mol. The van der Waals surface area contributed by atoms with E-state index in [4.69, 9.17) is 18.9 Å². The molecule has 0 amide bonds. The van der Waals surface area contributed by atoms with Gasteiger partial charge in [-0.05, 0) is 43.6 Å². The molecule has 0 radical (unpaired) electrons. The van der Waals surface area contributed by atoms with Crippen molar-refractivity contribution < 1.29 is 28.5 Å². The van der Waals surface area contributed by atoms with Crippen molar-refractivity contribution >= 4 is 11.9 Å². The van der Waals surface area contributed by atoms with Crippen LogP contribution in [0.4, 0.5) is 0 Å². The molecule has 0 aromatic heterocycles. The van der Waals surface area contributed by atoms with Gasteiger partial charge in [-0.25, -0.2) is 0 Å². The van der Waals surface area contributed by atoms with E-state index in [9.17, 15) is 9.59 Å². The fourth-order valence-electron chi connectivity index (χ4n) is 5.06. The Morgan fingerprint density at radius 1 is 1.30 bits per heavy atom. The number of ether oxygens (including phenoxy) is 4. The van der Waals surface area contributed by atoms with E-state index >= 15 is 0 Å². The molecule has 30 heavy (non-hydrogen) atoms. The van der Waals surface area contributed by atoms with Crippen molar-refractivity contribution in [3.8, 4) is 0 Å². The summed E-state index contributed by atoms with van der Waals surface area (Å²) in [4.78, 5) is 24.6. The molecule has 2 heterocycles. The summed E-state index contributed by atoms with van der Waals surface area (Å²) in [5.74, 6) is -0.263. The number of hydrogen-bond donors (Lipinski definition) is 0. The first-order valence-electron chi connectivity index (χ1n) is 11.6. The molecule has 1 saturated carbocycles. The van der Waals surface area contributed by atoms with Crippen LogP contribution in [0.25, 0.3) is 0 Å².